The van der Waals surface area contributed by atoms with Gasteiger partial charge in [-0.2, -0.15) is 5.10 Å². The van der Waals surface area contributed by atoms with E-state index in [1.807, 2.05) is 67.8 Å². The Hall–Kier alpha value is -3.78. The van der Waals surface area contributed by atoms with Crippen LogP contribution in [-0.4, -0.2) is 57.6 Å². The van der Waals surface area contributed by atoms with Crippen molar-refractivity contribution in [2.24, 2.45) is 0 Å². The van der Waals surface area contributed by atoms with E-state index in [0.717, 1.165) is 39.1 Å². The van der Waals surface area contributed by atoms with Gasteiger partial charge in [-0.15, -0.1) is 0 Å². The second-order valence-electron chi connectivity index (χ2n) is 8.94. The van der Waals surface area contributed by atoms with Crippen molar-refractivity contribution in [1.29, 1.82) is 0 Å². The van der Waals surface area contributed by atoms with Gasteiger partial charge in [0.25, 0.3) is 5.91 Å². The Bertz CT molecular complexity index is 1440. The van der Waals surface area contributed by atoms with Gasteiger partial charge >= 0.3 is 0 Å². The van der Waals surface area contributed by atoms with Crippen LogP contribution in [0.5, 0.6) is 0 Å². The fourth-order valence-corrected chi connectivity index (χ4v) is 4.73. The molecule has 0 saturated carbocycles. The van der Waals surface area contributed by atoms with Gasteiger partial charge in [0.15, 0.2) is 5.65 Å². The SMILES string of the molecule is Cc1nc2c3ccccc3nn2c(C)c1CCC(=O)Nc1cccc(C(=O)N2CCOCC2)c1C. The highest BCUT2D eigenvalue weighted by atomic mass is 16.5. The van der Waals surface area contributed by atoms with E-state index in [-0.39, 0.29) is 11.8 Å². The minimum absolute atomic E-state index is 0.0286. The van der Waals surface area contributed by atoms with Crippen molar-refractivity contribution in [3.8, 4) is 0 Å². The molecule has 1 aliphatic rings. The monoisotopic (exact) mass is 471 g/mol. The van der Waals surface area contributed by atoms with Crippen LogP contribution in [0.25, 0.3) is 16.6 Å². The number of carbonyl (C=O) groups excluding carboxylic acids is 2. The summed E-state index contributed by atoms with van der Waals surface area (Å²) in [7, 11) is 0. The Morgan fingerprint density at radius 3 is 2.60 bits per heavy atom. The summed E-state index contributed by atoms with van der Waals surface area (Å²) < 4.78 is 7.22. The van der Waals surface area contributed by atoms with E-state index < -0.39 is 0 Å². The first-order valence-electron chi connectivity index (χ1n) is 11.9. The van der Waals surface area contributed by atoms with Crippen LogP contribution in [-0.2, 0) is 16.0 Å². The van der Waals surface area contributed by atoms with Gasteiger partial charge in [0.2, 0.25) is 5.91 Å². The van der Waals surface area contributed by atoms with Crippen molar-refractivity contribution < 1.29 is 14.3 Å². The molecule has 2 amide bonds. The highest BCUT2D eigenvalue weighted by Crippen LogP contribution is 2.24. The lowest BCUT2D eigenvalue weighted by Crippen LogP contribution is -2.41. The van der Waals surface area contributed by atoms with Gasteiger partial charge < -0.3 is 15.0 Å². The summed E-state index contributed by atoms with van der Waals surface area (Å²) in [5.41, 5.74) is 6.70. The predicted octanol–water partition coefficient (Wildman–Crippen LogP) is 3.85. The molecule has 0 aliphatic carbocycles. The molecule has 1 aliphatic heterocycles. The molecule has 1 N–H and O–H groups in total. The second kappa shape index (κ2) is 9.46. The number of fused-ring (bicyclic) bond motifs is 3. The minimum atomic E-state index is -0.103. The fourth-order valence-electron chi connectivity index (χ4n) is 4.73. The lowest BCUT2D eigenvalue weighted by molar-refractivity contribution is -0.116. The maximum atomic E-state index is 13.0. The Kier molecular flexibility index (Phi) is 6.21. The second-order valence-corrected chi connectivity index (χ2v) is 8.94. The number of nitrogens with zero attached hydrogens (tertiary/aromatic N) is 4. The lowest BCUT2D eigenvalue weighted by atomic mass is 10.0. The highest BCUT2D eigenvalue weighted by molar-refractivity contribution is 5.99. The van der Waals surface area contributed by atoms with Gasteiger partial charge in [0.05, 0.1) is 18.7 Å². The zero-order chi connectivity index (χ0) is 24.5. The van der Waals surface area contributed by atoms with E-state index in [4.69, 9.17) is 14.8 Å². The van der Waals surface area contributed by atoms with Crippen LogP contribution in [0.1, 0.15) is 39.3 Å². The van der Waals surface area contributed by atoms with Gasteiger partial charge in [-0.05, 0) is 62.6 Å². The Balaban J connectivity index is 1.31. The third-order valence-electron chi connectivity index (χ3n) is 6.76. The number of aryl methyl sites for hydroxylation is 2. The molecule has 180 valence electrons. The average molecular weight is 472 g/mol. The van der Waals surface area contributed by atoms with E-state index in [0.29, 0.717) is 50.4 Å². The van der Waals surface area contributed by atoms with Crippen LogP contribution in [0, 0.1) is 20.8 Å². The first-order valence-corrected chi connectivity index (χ1v) is 11.9. The number of hydrogen-bond donors (Lipinski definition) is 1. The number of rotatable bonds is 5. The molecule has 3 heterocycles. The maximum absolute atomic E-state index is 13.0. The van der Waals surface area contributed by atoms with Crippen molar-refractivity contribution >= 4 is 34.1 Å². The molecule has 1 fully saturated rings. The number of benzene rings is 2. The number of amides is 2. The van der Waals surface area contributed by atoms with Crippen molar-refractivity contribution in [2.75, 3.05) is 31.6 Å². The summed E-state index contributed by atoms with van der Waals surface area (Å²) in [5, 5.41) is 8.72. The van der Waals surface area contributed by atoms with Crippen molar-refractivity contribution in [1.82, 2.24) is 19.5 Å². The molecule has 1 saturated heterocycles. The van der Waals surface area contributed by atoms with Crippen LogP contribution in [0.3, 0.4) is 0 Å². The standard InChI is InChI=1S/C27H29N5O3/c1-17-20(27(34)31-13-15-35-16-14-31)8-6-10-23(17)29-25(33)12-11-21-18(2)28-26-22-7-4-5-9-24(22)30-32(26)19(21)3/h4-10H,11-16H2,1-3H3,(H,29,33). The third-order valence-corrected chi connectivity index (χ3v) is 6.76. The minimum Gasteiger partial charge on any atom is -0.378 e. The molecular weight excluding hydrogens is 442 g/mol. The number of morpholine rings is 1. The number of ether oxygens (including phenoxy) is 1. The van der Waals surface area contributed by atoms with Gasteiger partial charge in [0.1, 0.15) is 0 Å². The topological polar surface area (TPSA) is 88.8 Å². The van der Waals surface area contributed by atoms with E-state index in [9.17, 15) is 9.59 Å². The molecular formula is C27H29N5O3. The molecule has 5 rings (SSSR count). The van der Waals surface area contributed by atoms with Crippen LogP contribution in [0.2, 0.25) is 0 Å². The average Bonchev–Trinajstić information content (AvgIpc) is 3.24. The molecule has 0 bridgehead atoms. The van der Waals surface area contributed by atoms with Crippen molar-refractivity contribution in [3.05, 3.63) is 70.5 Å². The van der Waals surface area contributed by atoms with E-state index >= 15 is 0 Å². The Labute approximate surface area is 203 Å². The first kappa shape index (κ1) is 23.0. The molecule has 2 aromatic heterocycles. The number of aromatic nitrogens is 3. The van der Waals surface area contributed by atoms with Crippen LogP contribution < -0.4 is 5.32 Å². The van der Waals surface area contributed by atoms with E-state index in [2.05, 4.69) is 5.32 Å². The van der Waals surface area contributed by atoms with Gasteiger partial charge in [-0.1, -0.05) is 18.2 Å². The molecule has 0 atom stereocenters. The maximum Gasteiger partial charge on any atom is 0.254 e. The zero-order valence-electron chi connectivity index (χ0n) is 20.3. The van der Waals surface area contributed by atoms with E-state index in [1.54, 1.807) is 4.90 Å². The number of nitrogens with one attached hydrogen (secondary N) is 1. The number of anilines is 1. The Morgan fingerprint density at radius 1 is 1.03 bits per heavy atom. The summed E-state index contributed by atoms with van der Waals surface area (Å²) >= 11 is 0. The van der Waals surface area contributed by atoms with Gasteiger partial charge in [-0.3, -0.25) is 9.59 Å². The number of carbonyl (C=O) groups is 2. The van der Waals surface area contributed by atoms with Crippen molar-refractivity contribution in [2.45, 2.75) is 33.6 Å². The molecule has 4 aromatic rings. The highest BCUT2D eigenvalue weighted by Gasteiger charge is 2.21. The zero-order valence-corrected chi connectivity index (χ0v) is 20.3. The smallest absolute Gasteiger partial charge is 0.254 e. The quantitative estimate of drug-likeness (QED) is 0.478. The summed E-state index contributed by atoms with van der Waals surface area (Å²) in [4.78, 5) is 32.4. The fraction of sp³-hybridized carbons (Fsp3) is 0.333. The molecule has 8 heteroatoms. The van der Waals surface area contributed by atoms with Crippen LogP contribution >= 0.6 is 0 Å². The molecule has 0 radical (unpaired) electrons. The third kappa shape index (κ3) is 4.37. The molecule has 2 aromatic carbocycles. The summed E-state index contributed by atoms with van der Waals surface area (Å²) in [6, 6.07) is 13.4. The lowest BCUT2D eigenvalue weighted by Gasteiger charge is -2.27. The van der Waals surface area contributed by atoms with Crippen LogP contribution in [0.4, 0.5) is 5.69 Å². The van der Waals surface area contributed by atoms with Crippen LogP contribution in [0.15, 0.2) is 42.5 Å². The summed E-state index contributed by atoms with van der Waals surface area (Å²) in [6.07, 6.45) is 0.852. The predicted molar refractivity (Wildman–Crippen MR) is 135 cm³/mol. The van der Waals surface area contributed by atoms with E-state index in [1.165, 1.54) is 0 Å². The van der Waals surface area contributed by atoms with Crippen molar-refractivity contribution in [3.63, 3.8) is 0 Å². The Morgan fingerprint density at radius 2 is 1.80 bits per heavy atom. The largest absolute Gasteiger partial charge is 0.378 e. The molecule has 0 spiro atoms. The summed E-state index contributed by atoms with van der Waals surface area (Å²) in [5.74, 6) is -0.132. The molecule has 8 nitrogen and oxygen atoms in total. The normalized spacial score (nSPS) is 14.0. The number of hydrogen-bond acceptors (Lipinski definition) is 5. The first-order chi connectivity index (χ1) is 16.9. The molecule has 0 unspecified atom stereocenters. The molecule has 35 heavy (non-hydrogen) atoms. The summed E-state index contributed by atoms with van der Waals surface area (Å²) in [6.45, 7) is 8.14. The van der Waals surface area contributed by atoms with Gasteiger partial charge in [0, 0.05) is 47.5 Å². The van der Waals surface area contributed by atoms with Gasteiger partial charge in [-0.25, -0.2) is 9.50 Å².